The third kappa shape index (κ3) is 3.74. The summed E-state index contributed by atoms with van der Waals surface area (Å²) in [5.41, 5.74) is -1.81. The van der Waals surface area contributed by atoms with Crippen LogP contribution in [0.1, 0.15) is 39.3 Å². The molecule has 1 fully saturated rings. The van der Waals surface area contributed by atoms with Crippen LogP contribution in [0.5, 0.6) is 5.75 Å². The summed E-state index contributed by atoms with van der Waals surface area (Å²) in [5.74, 6) is -2.74. The highest BCUT2D eigenvalue weighted by Crippen LogP contribution is 2.44. The van der Waals surface area contributed by atoms with Crippen LogP contribution in [0.25, 0.3) is 0 Å². The molecule has 0 unspecified atom stereocenters. The summed E-state index contributed by atoms with van der Waals surface area (Å²) in [6, 6.07) is 4.38. The highest BCUT2D eigenvalue weighted by atomic mass is 35.5. The van der Waals surface area contributed by atoms with E-state index in [0.717, 1.165) is 0 Å². The Hall–Kier alpha value is -2.62. The van der Waals surface area contributed by atoms with Crippen LogP contribution in [-0.2, 0) is 17.8 Å². The van der Waals surface area contributed by atoms with E-state index in [4.69, 9.17) is 16.3 Å². The number of aromatic hydroxyl groups is 1. The number of pyridine rings is 1. The molecule has 1 aliphatic carbocycles. The molecule has 172 valence electrons. The maximum atomic E-state index is 14.1. The number of hydrogen-bond acceptors (Lipinski definition) is 5. The number of nitrogens with one attached hydrogen (secondary N) is 1. The van der Waals surface area contributed by atoms with Crippen molar-refractivity contribution in [2.45, 2.75) is 37.6 Å². The summed E-state index contributed by atoms with van der Waals surface area (Å²) in [5, 5.41) is 12.8. The molecule has 2 N–H and O–H groups in total. The molecular weight excluding hydrogens is 464 g/mol. The number of fused-ring (bicyclic) bond motifs is 1. The van der Waals surface area contributed by atoms with Gasteiger partial charge in [-0.05, 0) is 18.9 Å². The number of likely N-dealkylation sites (N-methyl/N-ethyl adjacent to an activating group) is 1. The molecule has 2 aliphatic rings. The molecule has 1 saturated carbocycles. The molecule has 4 rings (SSSR count). The molecule has 0 bridgehead atoms. The molecule has 0 radical (unpaired) electrons. The number of methoxy groups -OCH3 is 1. The number of ether oxygens (including phenoxy) is 1. The lowest BCUT2D eigenvalue weighted by Crippen LogP contribution is -2.65. The minimum absolute atomic E-state index is 0. The van der Waals surface area contributed by atoms with E-state index in [-0.39, 0.29) is 46.9 Å². The van der Waals surface area contributed by atoms with Gasteiger partial charge in [-0.15, -0.1) is 12.4 Å². The largest absolute Gasteiger partial charge is 0.503 e. The molecule has 1 spiro atoms. The highest BCUT2D eigenvalue weighted by molar-refractivity contribution is 6.30. The monoisotopic (exact) mass is 485 g/mol. The second kappa shape index (κ2) is 8.73. The highest BCUT2D eigenvalue weighted by Gasteiger charge is 2.53. The van der Waals surface area contributed by atoms with Gasteiger partial charge in [0.1, 0.15) is 11.4 Å². The van der Waals surface area contributed by atoms with Crippen molar-refractivity contribution in [1.82, 2.24) is 14.8 Å². The van der Waals surface area contributed by atoms with E-state index in [1.165, 1.54) is 27.8 Å². The fraction of sp³-hybridized carbons (Fsp3) is 0.381. The van der Waals surface area contributed by atoms with Crippen molar-refractivity contribution in [3.05, 3.63) is 62.3 Å². The Morgan fingerprint density at radius 1 is 1.38 bits per heavy atom. The average Bonchev–Trinajstić information content (AvgIpc) is 2.72. The number of halogens is 3. The first kappa shape index (κ1) is 24.0. The molecule has 32 heavy (non-hydrogen) atoms. The van der Waals surface area contributed by atoms with Crippen LogP contribution in [-0.4, -0.2) is 52.2 Å². The van der Waals surface area contributed by atoms with E-state index in [9.17, 15) is 23.9 Å². The van der Waals surface area contributed by atoms with E-state index >= 15 is 0 Å². The maximum absolute atomic E-state index is 14.1. The van der Waals surface area contributed by atoms with Gasteiger partial charge >= 0.3 is 0 Å². The Morgan fingerprint density at radius 2 is 2.06 bits per heavy atom. The Balaban J connectivity index is 0.00000289. The van der Waals surface area contributed by atoms with Gasteiger partial charge in [-0.3, -0.25) is 14.4 Å². The molecule has 1 aliphatic heterocycles. The second-order valence-electron chi connectivity index (χ2n) is 7.95. The fourth-order valence-electron chi connectivity index (χ4n) is 4.27. The summed E-state index contributed by atoms with van der Waals surface area (Å²) < 4.78 is 20.8. The Labute approximate surface area is 194 Å². The molecule has 11 heteroatoms. The van der Waals surface area contributed by atoms with Gasteiger partial charge in [0.15, 0.2) is 11.4 Å². The van der Waals surface area contributed by atoms with Crippen molar-refractivity contribution in [3.63, 3.8) is 0 Å². The molecule has 2 amide bonds. The van der Waals surface area contributed by atoms with E-state index in [1.807, 2.05) is 0 Å². The van der Waals surface area contributed by atoms with E-state index < -0.39 is 34.3 Å². The molecule has 1 aromatic heterocycles. The van der Waals surface area contributed by atoms with E-state index in [0.29, 0.717) is 19.4 Å². The van der Waals surface area contributed by atoms with Crippen LogP contribution in [0.2, 0.25) is 5.02 Å². The zero-order valence-corrected chi connectivity index (χ0v) is 18.9. The van der Waals surface area contributed by atoms with E-state index in [2.05, 4.69) is 5.32 Å². The number of amides is 2. The summed E-state index contributed by atoms with van der Waals surface area (Å²) in [6.07, 6.45) is 2.50. The topological polar surface area (TPSA) is 101 Å². The summed E-state index contributed by atoms with van der Waals surface area (Å²) in [4.78, 5) is 39.6. The molecule has 0 atom stereocenters. The summed E-state index contributed by atoms with van der Waals surface area (Å²) in [7, 11) is 3.23. The standard InChI is InChI=1S/C21H21ClFN3O5.ClH/c1-25-20(30)16-18(28)17(27)13(9-26(16)10-21(25)6-12(7-21)31-2)19(29)24-8-11-4-3-5-14(22)15(11)23;/h3-5,9,12,28H,6-8,10H2,1-2H3,(H,24,29);1H/t12-,21-;. The average molecular weight is 486 g/mol. The van der Waals surface area contributed by atoms with Crippen molar-refractivity contribution < 1.29 is 23.8 Å². The number of carbonyl (C=O) groups excluding carboxylic acids is 2. The number of benzene rings is 1. The number of rotatable bonds is 4. The summed E-state index contributed by atoms with van der Waals surface area (Å²) >= 11 is 5.74. The molecule has 2 heterocycles. The van der Waals surface area contributed by atoms with Crippen LogP contribution in [0, 0.1) is 5.82 Å². The van der Waals surface area contributed by atoms with Gasteiger partial charge in [-0.2, -0.15) is 0 Å². The maximum Gasteiger partial charge on any atom is 0.274 e. The molecule has 8 nitrogen and oxygen atoms in total. The number of carbonyl (C=O) groups is 2. The number of aromatic nitrogens is 1. The minimum atomic E-state index is -0.962. The van der Waals surface area contributed by atoms with Crippen LogP contribution in [0.4, 0.5) is 4.39 Å². The Kier molecular flexibility index (Phi) is 6.55. The molecule has 1 aromatic carbocycles. The minimum Gasteiger partial charge on any atom is -0.503 e. The predicted molar refractivity (Wildman–Crippen MR) is 117 cm³/mol. The van der Waals surface area contributed by atoms with Crippen LogP contribution < -0.4 is 10.7 Å². The van der Waals surface area contributed by atoms with Crippen molar-refractivity contribution >= 4 is 35.8 Å². The van der Waals surface area contributed by atoms with Crippen molar-refractivity contribution in [3.8, 4) is 5.75 Å². The predicted octanol–water partition coefficient (Wildman–Crippen LogP) is 2.33. The first-order chi connectivity index (χ1) is 14.7. The quantitative estimate of drug-likeness (QED) is 0.691. The normalized spacial score (nSPS) is 21.6. The summed E-state index contributed by atoms with van der Waals surface area (Å²) in [6.45, 7) is 0.107. The zero-order valence-electron chi connectivity index (χ0n) is 17.4. The first-order valence-electron chi connectivity index (χ1n) is 9.67. The van der Waals surface area contributed by atoms with Gasteiger partial charge in [0.05, 0.1) is 16.7 Å². The van der Waals surface area contributed by atoms with Crippen LogP contribution in [0.15, 0.2) is 29.2 Å². The third-order valence-electron chi connectivity index (χ3n) is 6.20. The SMILES string of the molecule is CO[C@H]1C[C@@]2(Cn3cc(C(=O)NCc4cccc(Cl)c4F)c(=O)c(O)c3C(=O)N2C)C1.Cl. The molecular formula is C21H22Cl2FN3O5. The lowest BCUT2D eigenvalue weighted by atomic mass is 9.71. The van der Waals surface area contributed by atoms with Crippen molar-refractivity contribution in [2.24, 2.45) is 0 Å². The first-order valence-corrected chi connectivity index (χ1v) is 10.0. The van der Waals surface area contributed by atoms with Gasteiger partial charge in [0.2, 0.25) is 5.43 Å². The lowest BCUT2D eigenvalue weighted by Gasteiger charge is -2.55. The van der Waals surface area contributed by atoms with Gasteiger partial charge in [-0.25, -0.2) is 4.39 Å². The van der Waals surface area contributed by atoms with Crippen LogP contribution in [0.3, 0.4) is 0 Å². The lowest BCUT2D eigenvalue weighted by molar-refractivity contribution is -0.0848. The van der Waals surface area contributed by atoms with Gasteiger partial charge in [-0.1, -0.05) is 23.7 Å². The van der Waals surface area contributed by atoms with Gasteiger partial charge < -0.3 is 24.6 Å². The van der Waals surface area contributed by atoms with Gasteiger partial charge in [0, 0.05) is 39.0 Å². The zero-order chi connectivity index (χ0) is 22.5. The third-order valence-corrected chi connectivity index (χ3v) is 6.50. The van der Waals surface area contributed by atoms with Gasteiger partial charge in [0.25, 0.3) is 11.8 Å². The Bertz CT molecular complexity index is 1150. The Morgan fingerprint density at radius 3 is 2.72 bits per heavy atom. The second-order valence-corrected chi connectivity index (χ2v) is 8.35. The smallest absolute Gasteiger partial charge is 0.274 e. The molecule has 0 saturated heterocycles. The van der Waals surface area contributed by atoms with E-state index in [1.54, 1.807) is 20.2 Å². The fourth-order valence-corrected chi connectivity index (χ4v) is 4.47. The number of hydrogen-bond donors (Lipinski definition) is 2. The van der Waals surface area contributed by atoms with Crippen molar-refractivity contribution in [1.29, 1.82) is 0 Å². The number of nitrogens with zero attached hydrogens (tertiary/aromatic N) is 2. The molecule has 2 aromatic rings. The van der Waals surface area contributed by atoms with Crippen molar-refractivity contribution in [2.75, 3.05) is 14.2 Å². The van der Waals surface area contributed by atoms with Crippen LogP contribution >= 0.6 is 24.0 Å².